The first-order chi connectivity index (χ1) is 9.79. The molecule has 0 amide bonds. The molecule has 0 bridgehead atoms. The fraction of sp³-hybridized carbons (Fsp3) is 0.250. The molecular weight excluding hydrogens is 367 g/mol. The molecule has 20 heavy (non-hydrogen) atoms. The number of aliphatic hydroxyl groups excluding tert-OH is 1. The van der Waals surface area contributed by atoms with Gasteiger partial charge in [-0.05, 0) is 39.8 Å². The Morgan fingerprint density at radius 2 is 2.05 bits per heavy atom. The van der Waals surface area contributed by atoms with Crippen molar-refractivity contribution in [3.05, 3.63) is 56.7 Å². The smallest absolute Gasteiger partial charge is 0.165 e. The van der Waals surface area contributed by atoms with Crippen molar-refractivity contribution in [1.29, 1.82) is 0 Å². The molecule has 0 aliphatic carbocycles. The highest BCUT2D eigenvalue weighted by molar-refractivity contribution is 14.1. The summed E-state index contributed by atoms with van der Waals surface area (Å²) in [5.41, 5.74) is 3.17. The summed E-state index contributed by atoms with van der Waals surface area (Å²) in [4.78, 5) is 0. The Balaban J connectivity index is 1.88. The molecule has 0 saturated heterocycles. The van der Waals surface area contributed by atoms with Gasteiger partial charge in [0, 0.05) is 15.6 Å². The maximum Gasteiger partial charge on any atom is 0.165 e. The van der Waals surface area contributed by atoms with E-state index in [9.17, 15) is 5.11 Å². The first kappa shape index (κ1) is 13.7. The number of aliphatic hydroxyl groups is 1. The van der Waals surface area contributed by atoms with E-state index in [1.54, 1.807) is 0 Å². The van der Waals surface area contributed by atoms with Gasteiger partial charge in [-0.1, -0.05) is 30.3 Å². The van der Waals surface area contributed by atoms with Crippen molar-refractivity contribution in [3.8, 4) is 11.5 Å². The SMILES string of the molecule is OCc1cc(OCc2ccccc2)c2c(c1I)CCO2. The number of hydrogen-bond donors (Lipinski definition) is 1. The number of hydrogen-bond acceptors (Lipinski definition) is 3. The van der Waals surface area contributed by atoms with Gasteiger partial charge in [0.15, 0.2) is 11.5 Å². The second-order valence-corrected chi connectivity index (χ2v) is 5.77. The summed E-state index contributed by atoms with van der Waals surface area (Å²) in [7, 11) is 0. The van der Waals surface area contributed by atoms with Crippen molar-refractivity contribution in [2.45, 2.75) is 19.6 Å². The van der Waals surface area contributed by atoms with Crippen LogP contribution in [0.5, 0.6) is 11.5 Å². The van der Waals surface area contributed by atoms with Crippen LogP contribution in [0.2, 0.25) is 0 Å². The van der Waals surface area contributed by atoms with Gasteiger partial charge in [0.25, 0.3) is 0 Å². The van der Waals surface area contributed by atoms with Crippen LogP contribution in [0.15, 0.2) is 36.4 Å². The van der Waals surface area contributed by atoms with Gasteiger partial charge < -0.3 is 14.6 Å². The fourth-order valence-corrected chi connectivity index (χ4v) is 3.16. The summed E-state index contributed by atoms with van der Waals surface area (Å²) in [5, 5.41) is 9.46. The standard InChI is InChI=1S/C16H15IO3/c17-15-12(9-18)8-14(16-13(15)6-7-19-16)20-10-11-4-2-1-3-5-11/h1-5,8,18H,6-7,9-10H2. The van der Waals surface area contributed by atoms with Crippen molar-refractivity contribution >= 4 is 22.6 Å². The van der Waals surface area contributed by atoms with Crippen LogP contribution in [0.3, 0.4) is 0 Å². The van der Waals surface area contributed by atoms with E-state index >= 15 is 0 Å². The minimum Gasteiger partial charge on any atom is -0.489 e. The van der Waals surface area contributed by atoms with Gasteiger partial charge in [0.1, 0.15) is 6.61 Å². The number of halogens is 1. The van der Waals surface area contributed by atoms with E-state index in [-0.39, 0.29) is 6.61 Å². The lowest BCUT2D eigenvalue weighted by atomic mass is 10.1. The zero-order valence-corrected chi connectivity index (χ0v) is 13.1. The first-order valence-electron chi connectivity index (χ1n) is 6.54. The second kappa shape index (κ2) is 6.01. The van der Waals surface area contributed by atoms with E-state index in [1.165, 1.54) is 0 Å². The Bertz CT molecular complexity index is 611. The molecule has 104 valence electrons. The molecular formula is C16H15IO3. The molecule has 2 aromatic rings. The van der Waals surface area contributed by atoms with E-state index < -0.39 is 0 Å². The fourth-order valence-electron chi connectivity index (χ4n) is 2.32. The molecule has 0 unspecified atom stereocenters. The zero-order chi connectivity index (χ0) is 13.9. The average Bonchev–Trinajstić information content (AvgIpc) is 2.98. The van der Waals surface area contributed by atoms with Crippen molar-refractivity contribution in [2.24, 2.45) is 0 Å². The summed E-state index contributed by atoms with van der Waals surface area (Å²) in [6.45, 7) is 1.21. The molecule has 0 fully saturated rings. The minimum absolute atomic E-state index is 0.0211. The van der Waals surface area contributed by atoms with E-state index in [4.69, 9.17) is 9.47 Å². The van der Waals surface area contributed by atoms with Gasteiger partial charge in [-0.25, -0.2) is 0 Å². The van der Waals surface area contributed by atoms with Gasteiger partial charge in [-0.3, -0.25) is 0 Å². The number of rotatable bonds is 4. The van der Waals surface area contributed by atoms with Crippen LogP contribution >= 0.6 is 22.6 Å². The van der Waals surface area contributed by atoms with Crippen LogP contribution in [0, 0.1) is 3.57 Å². The van der Waals surface area contributed by atoms with E-state index in [0.717, 1.165) is 38.2 Å². The van der Waals surface area contributed by atoms with Crippen LogP contribution in [0.25, 0.3) is 0 Å². The molecule has 0 atom stereocenters. The molecule has 1 aliphatic rings. The van der Waals surface area contributed by atoms with Crippen molar-refractivity contribution in [3.63, 3.8) is 0 Å². The molecule has 1 N–H and O–H groups in total. The van der Waals surface area contributed by atoms with Crippen LogP contribution in [0.1, 0.15) is 16.7 Å². The van der Waals surface area contributed by atoms with Crippen LogP contribution in [-0.2, 0) is 19.6 Å². The number of fused-ring (bicyclic) bond motifs is 1. The number of ether oxygens (including phenoxy) is 2. The Hall–Kier alpha value is -1.27. The topological polar surface area (TPSA) is 38.7 Å². The second-order valence-electron chi connectivity index (χ2n) is 4.69. The minimum atomic E-state index is 0.0211. The Morgan fingerprint density at radius 3 is 2.80 bits per heavy atom. The highest BCUT2D eigenvalue weighted by Crippen LogP contribution is 2.40. The third-order valence-electron chi connectivity index (χ3n) is 3.36. The molecule has 0 saturated carbocycles. The van der Waals surface area contributed by atoms with Crippen molar-refractivity contribution < 1.29 is 14.6 Å². The molecule has 0 spiro atoms. The highest BCUT2D eigenvalue weighted by Gasteiger charge is 2.23. The molecule has 2 aromatic carbocycles. The monoisotopic (exact) mass is 382 g/mol. The molecule has 0 radical (unpaired) electrons. The van der Waals surface area contributed by atoms with Gasteiger partial charge in [-0.15, -0.1) is 0 Å². The van der Waals surface area contributed by atoms with E-state index in [1.807, 2.05) is 36.4 Å². The van der Waals surface area contributed by atoms with Crippen molar-refractivity contribution in [2.75, 3.05) is 6.61 Å². The summed E-state index contributed by atoms with van der Waals surface area (Å²) < 4.78 is 12.7. The Labute approximate surface area is 131 Å². The third kappa shape index (κ3) is 2.62. The summed E-state index contributed by atoms with van der Waals surface area (Å²) >= 11 is 2.27. The Morgan fingerprint density at radius 1 is 1.25 bits per heavy atom. The van der Waals surface area contributed by atoms with E-state index in [2.05, 4.69) is 22.6 Å². The summed E-state index contributed by atoms with van der Waals surface area (Å²) in [6.07, 6.45) is 0.878. The van der Waals surface area contributed by atoms with Gasteiger partial charge in [0.05, 0.1) is 13.2 Å². The first-order valence-corrected chi connectivity index (χ1v) is 7.62. The third-order valence-corrected chi connectivity index (χ3v) is 4.70. The quantitative estimate of drug-likeness (QED) is 0.825. The van der Waals surface area contributed by atoms with Gasteiger partial charge >= 0.3 is 0 Å². The van der Waals surface area contributed by atoms with Gasteiger partial charge in [0.2, 0.25) is 0 Å². The lowest BCUT2D eigenvalue weighted by molar-refractivity contribution is 0.268. The summed E-state index contributed by atoms with van der Waals surface area (Å²) in [5.74, 6) is 1.56. The highest BCUT2D eigenvalue weighted by atomic mass is 127. The normalized spacial score (nSPS) is 12.9. The van der Waals surface area contributed by atoms with E-state index in [0.29, 0.717) is 13.2 Å². The number of benzene rings is 2. The molecule has 1 heterocycles. The molecule has 1 aliphatic heterocycles. The lowest BCUT2D eigenvalue weighted by Gasteiger charge is -2.14. The lowest BCUT2D eigenvalue weighted by Crippen LogP contribution is -2.00. The molecule has 3 nitrogen and oxygen atoms in total. The predicted molar refractivity (Wildman–Crippen MR) is 85.1 cm³/mol. The average molecular weight is 382 g/mol. The maximum absolute atomic E-state index is 9.46. The zero-order valence-electron chi connectivity index (χ0n) is 10.9. The predicted octanol–water partition coefficient (Wildman–Crippen LogP) is 3.30. The van der Waals surface area contributed by atoms with Gasteiger partial charge in [-0.2, -0.15) is 0 Å². The largest absolute Gasteiger partial charge is 0.489 e. The molecule has 0 aromatic heterocycles. The van der Waals surface area contributed by atoms with Crippen molar-refractivity contribution in [1.82, 2.24) is 0 Å². The maximum atomic E-state index is 9.46. The van der Waals surface area contributed by atoms with Crippen LogP contribution in [0.4, 0.5) is 0 Å². The molecule has 4 heteroatoms. The summed E-state index contributed by atoms with van der Waals surface area (Å²) in [6, 6.07) is 11.9. The van der Waals surface area contributed by atoms with Crippen LogP contribution < -0.4 is 9.47 Å². The molecule has 3 rings (SSSR count). The van der Waals surface area contributed by atoms with Crippen LogP contribution in [-0.4, -0.2) is 11.7 Å². The Kier molecular flexibility index (Phi) is 4.12.